The van der Waals surface area contributed by atoms with Crippen molar-refractivity contribution in [3.05, 3.63) is 30.1 Å². The number of nitrogens with zero attached hydrogens (tertiary/aromatic N) is 1. The molecule has 2 heterocycles. The topological polar surface area (TPSA) is 68.7 Å². The molecule has 2 rings (SSSR count). The van der Waals surface area contributed by atoms with Crippen molar-refractivity contribution in [1.29, 1.82) is 0 Å². The Morgan fingerprint density at radius 1 is 1.44 bits per heavy atom. The van der Waals surface area contributed by atoms with Crippen LogP contribution < -0.4 is 4.74 Å². The van der Waals surface area contributed by atoms with Crippen molar-refractivity contribution in [2.24, 2.45) is 0 Å². The van der Waals surface area contributed by atoms with E-state index in [4.69, 9.17) is 14.6 Å². The molecule has 0 saturated carbocycles. The summed E-state index contributed by atoms with van der Waals surface area (Å²) in [7, 11) is 0. The number of hydrogen-bond donors (Lipinski definition) is 1. The zero-order valence-corrected chi connectivity index (χ0v) is 9.91. The molecule has 0 aliphatic carbocycles. The molecule has 18 heavy (non-hydrogen) atoms. The Kier molecular flexibility index (Phi) is 4.30. The molecule has 96 valence electrons. The number of ether oxygens (including phenoxy) is 2. The van der Waals surface area contributed by atoms with Gasteiger partial charge in [-0.1, -0.05) is 0 Å². The molecule has 1 aromatic heterocycles. The summed E-state index contributed by atoms with van der Waals surface area (Å²) in [6.07, 6.45) is 6.07. The number of carbonyl (C=O) groups is 1. The van der Waals surface area contributed by atoms with E-state index in [0.717, 1.165) is 32.1 Å². The van der Waals surface area contributed by atoms with E-state index in [9.17, 15) is 4.79 Å². The summed E-state index contributed by atoms with van der Waals surface area (Å²) in [5, 5.41) is 8.49. The molecule has 1 N–H and O–H groups in total. The smallest absolute Gasteiger partial charge is 0.328 e. The third-order valence-electron chi connectivity index (χ3n) is 2.63. The normalized spacial score (nSPS) is 16.9. The number of carboxylic acid groups (broad SMARTS) is 1. The van der Waals surface area contributed by atoms with Crippen LogP contribution in [-0.2, 0) is 9.53 Å². The monoisotopic (exact) mass is 249 g/mol. The molecule has 0 aromatic carbocycles. The molecular weight excluding hydrogens is 234 g/mol. The van der Waals surface area contributed by atoms with E-state index in [1.165, 1.54) is 6.08 Å². The SMILES string of the molecule is O=C(O)C=Cc1ccc(OC2CCOCC2)cn1. The van der Waals surface area contributed by atoms with Gasteiger partial charge in [0, 0.05) is 18.9 Å². The maximum Gasteiger partial charge on any atom is 0.328 e. The number of carboxylic acids is 1. The van der Waals surface area contributed by atoms with Crippen molar-refractivity contribution in [3.8, 4) is 5.75 Å². The van der Waals surface area contributed by atoms with Gasteiger partial charge in [0.05, 0.1) is 25.1 Å². The summed E-state index contributed by atoms with van der Waals surface area (Å²) in [5.74, 6) is -0.284. The molecule has 1 aliphatic rings. The van der Waals surface area contributed by atoms with Gasteiger partial charge in [-0.3, -0.25) is 4.98 Å². The minimum Gasteiger partial charge on any atom is -0.489 e. The van der Waals surface area contributed by atoms with E-state index in [0.29, 0.717) is 11.4 Å². The summed E-state index contributed by atoms with van der Waals surface area (Å²) in [4.78, 5) is 14.5. The summed E-state index contributed by atoms with van der Waals surface area (Å²) < 4.78 is 11.0. The molecule has 0 unspecified atom stereocenters. The number of pyridine rings is 1. The maximum absolute atomic E-state index is 10.4. The molecule has 1 aliphatic heterocycles. The minimum absolute atomic E-state index is 0.181. The van der Waals surface area contributed by atoms with Crippen molar-refractivity contribution < 1.29 is 19.4 Å². The second-order valence-corrected chi connectivity index (χ2v) is 4.02. The Hall–Kier alpha value is -1.88. The van der Waals surface area contributed by atoms with Crippen LogP contribution in [0.15, 0.2) is 24.4 Å². The number of aliphatic carboxylic acids is 1. The van der Waals surface area contributed by atoms with E-state index in [1.54, 1.807) is 18.3 Å². The Morgan fingerprint density at radius 2 is 2.22 bits per heavy atom. The van der Waals surface area contributed by atoms with Crippen LogP contribution in [0.2, 0.25) is 0 Å². The lowest BCUT2D eigenvalue weighted by molar-refractivity contribution is -0.131. The van der Waals surface area contributed by atoms with Crippen LogP contribution in [0.4, 0.5) is 0 Å². The standard InChI is InChI=1S/C13H15NO4/c15-13(16)4-2-10-1-3-12(9-14-10)18-11-5-7-17-8-6-11/h1-4,9,11H,5-8H2,(H,15,16). The lowest BCUT2D eigenvalue weighted by Gasteiger charge is -2.23. The Bertz CT molecular complexity index is 421. The summed E-state index contributed by atoms with van der Waals surface area (Å²) in [5.41, 5.74) is 0.594. The second-order valence-electron chi connectivity index (χ2n) is 4.02. The van der Waals surface area contributed by atoms with Crippen LogP contribution >= 0.6 is 0 Å². The lowest BCUT2D eigenvalue weighted by Crippen LogP contribution is -2.25. The first-order chi connectivity index (χ1) is 8.74. The minimum atomic E-state index is -0.987. The molecule has 0 amide bonds. The van der Waals surface area contributed by atoms with E-state index in [2.05, 4.69) is 4.98 Å². The van der Waals surface area contributed by atoms with Crippen molar-refractivity contribution in [2.45, 2.75) is 18.9 Å². The van der Waals surface area contributed by atoms with Crippen LogP contribution in [0.25, 0.3) is 6.08 Å². The second kappa shape index (κ2) is 6.16. The van der Waals surface area contributed by atoms with E-state index in [-0.39, 0.29) is 6.10 Å². The average molecular weight is 249 g/mol. The van der Waals surface area contributed by atoms with Crippen LogP contribution in [-0.4, -0.2) is 35.4 Å². The highest BCUT2D eigenvalue weighted by atomic mass is 16.5. The summed E-state index contributed by atoms with van der Waals surface area (Å²) in [6, 6.07) is 3.53. The number of rotatable bonds is 4. The van der Waals surface area contributed by atoms with E-state index < -0.39 is 5.97 Å². The Balaban J connectivity index is 1.92. The van der Waals surface area contributed by atoms with E-state index in [1.807, 2.05) is 0 Å². The largest absolute Gasteiger partial charge is 0.489 e. The zero-order valence-electron chi connectivity index (χ0n) is 9.91. The Labute approximate surface area is 105 Å². The van der Waals surface area contributed by atoms with Crippen LogP contribution in [0.3, 0.4) is 0 Å². The van der Waals surface area contributed by atoms with Gasteiger partial charge < -0.3 is 14.6 Å². The van der Waals surface area contributed by atoms with Crippen molar-refractivity contribution >= 4 is 12.0 Å². The highest BCUT2D eigenvalue weighted by Gasteiger charge is 2.15. The van der Waals surface area contributed by atoms with Gasteiger partial charge in [-0.05, 0) is 18.2 Å². The lowest BCUT2D eigenvalue weighted by atomic mass is 10.1. The van der Waals surface area contributed by atoms with Crippen molar-refractivity contribution in [2.75, 3.05) is 13.2 Å². The first kappa shape index (κ1) is 12.6. The number of aromatic nitrogens is 1. The van der Waals surface area contributed by atoms with Gasteiger partial charge in [0.2, 0.25) is 0 Å². The van der Waals surface area contributed by atoms with Gasteiger partial charge in [-0.25, -0.2) is 4.79 Å². The molecule has 0 radical (unpaired) electrons. The highest BCUT2D eigenvalue weighted by molar-refractivity contribution is 5.84. The van der Waals surface area contributed by atoms with E-state index >= 15 is 0 Å². The molecule has 1 saturated heterocycles. The molecule has 5 nitrogen and oxygen atoms in total. The fourth-order valence-corrected chi connectivity index (χ4v) is 1.70. The van der Waals surface area contributed by atoms with Gasteiger partial charge in [0.25, 0.3) is 0 Å². The molecule has 0 spiro atoms. The Morgan fingerprint density at radius 3 is 2.83 bits per heavy atom. The van der Waals surface area contributed by atoms with Gasteiger partial charge >= 0.3 is 5.97 Å². The van der Waals surface area contributed by atoms with Crippen molar-refractivity contribution in [3.63, 3.8) is 0 Å². The van der Waals surface area contributed by atoms with Crippen molar-refractivity contribution in [1.82, 2.24) is 4.98 Å². The molecule has 1 aromatic rings. The van der Waals surface area contributed by atoms with Gasteiger partial charge in [0.1, 0.15) is 11.9 Å². The van der Waals surface area contributed by atoms with Crippen LogP contribution in [0.1, 0.15) is 18.5 Å². The van der Waals surface area contributed by atoms with Crippen LogP contribution in [0.5, 0.6) is 5.75 Å². The van der Waals surface area contributed by atoms with Gasteiger partial charge in [-0.2, -0.15) is 0 Å². The first-order valence-corrected chi connectivity index (χ1v) is 5.85. The molecule has 5 heteroatoms. The molecule has 0 atom stereocenters. The predicted octanol–water partition coefficient (Wildman–Crippen LogP) is 1.74. The predicted molar refractivity (Wildman–Crippen MR) is 65.4 cm³/mol. The molecular formula is C13H15NO4. The highest BCUT2D eigenvalue weighted by Crippen LogP contribution is 2.17. The average Bonchev–Trinajstić information content (AvgIpc) is 2.39. The zero-order chi connectivity index (χ0) is 12.8. The van der Waals surface area contributed by atoms with Crippen LogP contribution in [0, 0.1) is 0 Å². The first-order valence-electron chi connectivity index (χ1n) is 5.85. The quantitative estimate of drug-likeness (QED) is 0.823. The third kappa shape index (κ3) is 3.85. The molecule has 1 fully saturated rings. The fraction of sp³-hybridized carbons (Fsp3) is 0.385. The number of hydrogen-bond acceptors (Lipinski definition) is 4. The van der Waals surface area contributed by atoms with Gasteiger partial charge in [-0.15, -0.1) is 0 Å². The van der Waals surface area contributed by atoms with Gasteiger partial charge in [0.15, 0.2) is 0 Å². The summed E-state index contributed by atoms with van der Waals surface area (Å²) in [6.45, 7) is 1.47. The third-order valence-corrected chi connectivity index (χ3v) is 2.63. The fourth-order valence-electron chi connectivity index (χ4n) is 1.70. The maximum atomic E-state index is 10.4. The summed E-state index contributed by atoms with van der Waals surface area (Å²) >= 11 is 0. The molecule has 0 bridgehead atoms.